The lowest BCUT2D eigenvalue weighted by Gasteiger charge is -2.36. The maximum atomic E-state index is 13.1. The third-order valence-corrected chi connectivity index (χ3v) is 6.43. The molecule has 1 fully saturated rings. The zero-order valence-corrected chi connectivity index (χ0v) is 21.8. The number of piperazine rings is 1. The fraction of sp³-hybridized carbons (Fsp3) is 0.379. The first kappa shape index (κ1) is 26.1. The number of anilines is 1. The summed E-state index contributed by atoms with van der Waals surface area (Å²) in [6, 6.07) is 21.3. The Morgan fingerprint density at radius 3 is 2.35 bits per heavy atom. The average Bonchev–Trinajstić information content (AvgIpc) is 2.93. The average molecular weight is 502 g/mol. The van der Waals surface area contributed by atoms with E-state index in [1.165, 1.54) is 0 Å². The van der Waals surface area contributed by atoms with Gasteiger partial charge in [0, 0.05) is 38.3 Å². The summed E-state index contributed by atoms with van der Waals surface area (Å²) in [7, 11) is 1.64. The van der Waals surface area contributed by atoms with Crippen LogP contribution >= 0.6 is 0 Å². The van der Waals surface area contributed by atoms with Gasteiger partial charge in [-0.15, -0.1) is 10.2 Å². The van der Waals surface area contributed by atoms with Crippen molar-refractivity contribution >= 4 is 17.6 Å². The third-order valence-electron chi connectivity index (χ3n) is 6.43. The predicted octanol–water partition coefficient (Wildman–Crippen LogP) is 3.53. The van der Waals surface area contributed by atoms with E-state index >= 15 is 0 Å². The van der Waals surface area contributed by atoms with Gasteiger partial charge in [-0.1, -0.05) is 56.3 Å². The van der Waals surface area contributed by atoms with E-state index in [0.29, 0.717) is 39.1 Å². The lowest BCUT2D eigenvalue weighted by atomic mass is 10.1. The molecular weight excluding hydrogens is 466 g/mol. The highest BCUT2D eigenvalue weighted by Crippen LogP contribution is 2.23. The summed E-state index contributed by atoms with van der Waals surface area (Å²) in [5.74, 6) is 1.82. The van der Waals surface area contributed by atoms with E-state index in [1.54, 1.807) is 12.0 Å². The van der Waals surface area contributed by atoms with Crippen LogP contribution in [0.1, 0.15) is 19.4 Å². The van der Waals surface area contributed by atoms with Crippen LogP contribution in [0.4, 0.5) is 5.82 Å². The molecule has 1 aliphatic heterocycles. The van der Waals surface area contributed by atoms with Gasteiger partial charge in [-0.3, -0.25) is 9.59 Å². The van der Waals surface area contributed by atoms with Crippen LogP contribution in [0.2, 0.25) is 0 Å². The van der Waals surface area contributed by atoms with E-state index < -0.39 is 0 Å². The van der Waals surface area contributed by atoms with Crippen LogP contribution in [0, 0.1) is 5.92 Å². The van der Waals surface area contributed by atoms with Gasteiger partial charge >= 0.3 is 0 Å². The van der Waals surface area contributed by atoms with Crippen molar-refractivity contribution in [3.63, 3.8) is 0 Å². The summed E-state index contributed by atoms with van der Waals surface area (Å²) in [6.45, 7) is 7.30. The van der Waals surface area contributed by atoms with Crippen LogP contribution in [-0.2, 0) is 16.0 Å². The van der Waals surface area contributed by atoms with E-state index in [9.17, 15) is 9.59 Å². The van der Waals surface area contributed by atoms with Crippen molar-refractivity contribution < 1.29 is 14.3 Å². The van der Waals surface area contributed by atoms with E-state index in [2.05, 4.69) is 28.9 Å². The highest BCUT2D eigenvalue weighted by molar-refractivity contribution is 5.86. The zero-order valence-electron chi connectivity index (χ0n) is 21.8. The van der Waals surface area contributed by atoms with Gasteiger partial charge in [0.15, 0.2) is 5.82 Å². The lowest BCUT2D eigenvalue weighted by molar-refractivity contribution is -0.140. The van der Waals surface area contributed by atoms with Gasteiger partial charge in [0.05, 0.1) is 25.8 Å². The standard InChI is InChI=1S/C29H35N5O3/c1-22(2)20-34(28(35)18-23-8-5-4-6-9-23)21-29(36)33-16-14-32(15-17-33)27-13-12-26(30-31-27)24-10-7-11-25(19-24)37-3/h4-13,19,22H,14-18,20-21H2,1-3H3. The van der Waals surface area contributed by atoms with Crippen molar-refractivity contribution in [2.75, 3.05) is 51.3 Å². The molecule has 37 heavy (non-hydrogen) atoms. The number of ether oxygens (including phenoxy) is 1. The van der Waals surface area contributed by atoms with Gasteiger partial charge in [0.2, 0.25) is 11.8 Å². The number of benzene rings is 2. The van der Waals surface area contributed by atoms with Crippen LogP contribution in [0.15, 0.2) is 66.7 Å². The molecule has 0 aliphatic carbocycles. The second kappa shape index (κ2) is 12.3. The third kappa shape index (κ3) is 7.06. The minimum atomic E-state index is -0.0155. The van der Waals surface area contributed by atoms with Crippen LogP contribution in [-0.4, -0.2) is 78.2 Å². The predicted molar refractivity (Wildman–Crippen MR) is 144 cm³/mol. The SMILES string of the molecule is COc1cccc(-c2ccc(N3CCN(C(=O)CN(CC(C)C)C(=O)Cc4ccccc4)CC3)nn2)c1. The largest absolute Gasteiger partial charge is 0.497 e. The molecule has 1 aromatic heterocycles. The summed E-state index contributed by atoms with van der Waals surface area (Å²) in [5, 5.41) is 8.83. The van der Waals surface area contributed by atoms with Crippen LogP contribution in [0.3, 0.4) is 0 Å². The smallest absolute Gasteiger partial charge is 0.242 e. The molecule has 2 heterocycles. The first-order valence-electron chi connectivity index (χ1n) is 12.8. The van der Waals surface area contributed by atoms with Crippen molar-refractivity contribution in [3.8, 4) is 17.0 Å². The quantitative estimate of drug-likeness (QED) is 0.446. The molecule has 3 aromatic rings. The van der Waals surface area contributed by atoms with E-state index in [4.69, 9.17) is 4.74 Å². The molecule has 8 heteroatoms. The first-order chi connectivity index (χ1) is 17.9. The van der Waals surface area contributed by atoms with Crippen molar-refractivity contribution in [1.82, 2.24) is 20.0 Å². The molecule has 0 spiro atoms. The Kier molecular flexibility index (Phi) is 8.72. The van der Waals surface area contributed by atoms with Crippen molar-refractivity contribution in [2.45, 2.75) is 20.3 Å². The highest BCUT2D eigenvalue weighted by Gasteiger charge is 2.26. The molecule has 1 saturated heterocycles. The molecule has 1 aliphatic rings. The molecule has 0 saturated carbocycles. The fourth-order valence-corrected chi connectivity index (χ4v) is 4.46. The topological polar surface area (TPSA) is 78.9 Å². The summed E-state index contributed by atoms with van der Waals surface area (Å²) in [5.41, 5.74) is 2.68. The van der Waals surface area contributed by atoms with Crippen molar-refractivity contribution in [1.29, 1.82) is 0 Å². The second-order valence-electron chi connectivity index (χ2n) is 9.71. The zero-order chi connectivity index (χ0) is 26.2. The van der Waals surface area contributed by atoms with E-state index in [-0.39, 0.29) is 24.3 Å². The van der Waals surface area contributed by atoms with Crippen molar-refractivity contribution in [2.24, 2.45) is 5.92 Å². The Balaban J connectivity index is 1.32. The number of hydrogen-bond donors (Lipinski definition) is 0. The number of carbonyl (C=O) groups is 2. The Bertz CT molecular complexity index is 1180. The molecule has 2 amide bonds. The van der Waals surface area contributed by atoms with Crippen LogP contribution in [0.25, 0.3) is 11.3 Å². The number of methoxy groups -OCH3 is 1. The molecule has 0 bridgehead atoms. The molecule has 0 N–H and O–H groups in total. The second-order valence-corrected chi connectivity index (χ2v) is 9.71. The number of rotatable bonds is 9. The van der Waals surface area contributed by atoms with Crippen molar-refractivity contribution in [3.05, 3.63) is 72.3 Å². The van der Waals surface area contributed by atoms with Crippen LogP contribution < -0.4 is 9.64 Å². The number of aromatic nitrogens is 2. The summed E-state index contributed by atoms with van der Waals surface area (Å²) in [6.07, 6.45) is 0.305. The minimum absolute atomic E-state index is 0.0128. The minimum Gasteiger partial charge on any atom is -0.497 e. The molecule has 0 radical (unpaired) electrons. The van der Waals surface area contributed by atoms with Gasteiger partial charge in [0.25, 0.3) is 0 Å². The molecule has 0 atom stereocenters. The number of amides is 2. The highest BCUT2D eigenvalue weighted by atomic mass is 16.5. The van der Waals surface area contributed by atoms with E-state index in [1.807, 2.05) is 71.6 Å². The maximum Gasteiger partial charge on any atom is 0.242 e. The first-order valence-corrected chi connectivity index (χ1v) is 12.8. The summed E-state index contributed by atoms with van der Waals surface area (Å²) >= 11 is 0. The monoisotopic (exact) mass is 501 g/mol. The summed E-state index contributed by atoms with van der Waals surface area (Å²) in [4.78, 5) is 31.8. The van der Waals surface area contributed by atoms with Gasteiger partial charge in [-0.25, -0.2) is 0 Å². The maximum absolute atomic E-state index is 13.1. The van der Waals surface area contributed by atoms with Gasteiger partial charge in [-0.2, -0.15) is 0 Å². The Hall–Kier alpha value is -3.94. The molecule has 194 valence electrons. The number of carbonyl (C=O) groups excluding carboxylic acids is 2. The normalized spacial score (nSPS) is 13.5. The summed E-state index contributed by atoms with van der Waals surface area (Å²) < 4.78 is 5.30. The number of hydrogen-bond acceptors (Lipinski definition) is 6. The number of nitrogens with zero attached hydrogens (tertiary/aromatic N) is 5. The molecule has 4 rings (SSSR count). The molecular formula is C29H35N5O3. The van der Waals surface area contributed by atoms with Gasteiger partial charge in [0.1, 0.15) is 5.75 Å². The Morgan fingerprint density at radius 1 is 0.946 bits per heavy atom. The lowest BCUT2D eigenvalue weighted by Crippen LogP contribution is -2.52. The fourth-order valence-electron chi connectivity index (χ4n) is 4.46. The van der Waals surface area contributed by atoms with E-state index in [0.717, 1.165) is 28.4 Å². The Morgan fingerprint density at radius 2 is 1.70 bits per heavy atom. The molecule has 2 aromatic carbocycles. The molecule has 0 unspecified atom stereocenters. The van der Waals surface area contributed by atoms with Gasteiger partial charge < -0.3 is 19.4 Å². The molecule has 8 nitrogen and oxygen atoms in total. The Labute approximate surface area is 218 Å². The van der Waals surface area contributed by atoms with Crippen LogP contribution in [0.5, 0.6) is 5.75 Å². The van der Waals surface area contributed by atoms with Gasteiger partial charge in [-0.05, 0) is 35.7 Å².